The summed E-state index contributed by atoms with van der Waals surface area (Å²) in [4.78, 5) is 29.2. The van der Waals surface area contributed by atoms with Crippen LogP contribution in [-0.4, -0.2) is 43.5 Å². The van der Waals surface area contributed by atoms with E-state index in [0.29, 0.717) is 31.5 Å². The summed E-state index contributed by atoms with van der Waals surface area (Å²) in [5, 5.41) is 8.38. The minimum atomic E-state index is -1.04. The molecule has 2 atom stereocenters. The molecule has 0 spiro atoms. The maximum Gasteiger partial charge on any atom is 0.242 e. The Hall–Kier alpha value is -3.53. The summed E-state index contributed by atoms with van der Waals surface area (Å²) in [6.45, 7) is 0.767. The summed E-state index contributed by atoms with van der Waals surface area (Å²) in [5.41, 5.74) is 12.8. The zero-order valence-electron chi connectivity index (χ0n) is 18.5. The van der Waals surface area contributed by atoms with Gasteiger partial charge < -0.3 is 27.4 Å². The molecule has 0 radical (unpaired) electrons. The van der Waals surface area contributed by atoms with Crippen LogP contribution in [0.4, 0.5) is 8.78 Å². The van der Waals surface area contributed by atoms with Crippen molar-refractivity contribution in [1.82, 2.24) is 16.0 Å². The van der Waals surface area contributed by atoms with E-state index in [1.165, 1.54) is 6.07 Å². The third-order valence-corrected chi connectivity index (χ3v) is 4.94. The van der Waals surface area contributed by atoms with Crippen LogP contribution in [0.15, 0.2) is 53.5 Å². The number of benzene rings is 2. The number of carbonyl (C=O) groups is 2. The maximum absolute atomic E-state index is 13.4. The first-order valence-corrected chi connectivity index (χ1v) is 10.6. The van der Waals surface area contributed by atoms with Gasteiger partial charge in [-0.05, 0) is 42.5 Å². The van der Waals surface area contributed by atoms with E-state index in [9.17, 15) is 18.4 Å². The number of amides is 2. The van der Waals surface area contributed by atoms with Crippen molar-refractivity contribution in [3.8, 4) is 0 Å². The van der Waals surface area contributed by atoms with E-state index in [4.69, 9.17) is 11.5 Å². The van der Waals surface area contributed by atoms with Crippen LogP contribution >= 0.6 is 0 Å². The predicted octanol–water partition coefficient (Wildman–Crippen LogP) is 0.950. The van der Waals surface area contributed by atoms with E-state index in [1.807, 2.05) is 30.3 Å². The Labute approximate surface area is 191 Å². The molecule has 0 saturated carbocycles. The molecule has 8 nitrogen and oxygen atoms in total. The molecule has 2 rings (SSSR count). The molecule has 10 heteroatoms. The van der Waals surface area contributed by atoms with Gasteiger partial charge in [0.2, 0.25) is 11.8 Å². The highest BCUT2D eigenvalue weighted by Gasteiger charge is 2.24. The van der Waals surface area contributed by atoms with Crippen molar-refractivity contribution in [2.24, 2.45) is 16.5 Å². The van der Waals surface area contributed by atoms with Crippen LogP contribution in [0.1, 0.15) is 24.0 Å². The second-order valence-corrected chi connectivity index (χ2v) is 7.50. The Morgan fingerprint density at radius 2 is 1.73 bits per heavy atom. The highest BCUT2D eigenvalue weighted by Crippen LogP contribution is 2.10. The number of aliphatic imine (C=N–C) groups is 1. The van der Waals surface area contributed by atoms with Crippen LogP contribution in [-0.2, 0) is 22.6 Å². The molecular weight excluding hydrogens is 430 g/mol. The molecule has 0 fully saturated rings. The van der Waals surface area contributed by atoms with Gasteiger partial charge in [0, 0.05) is 20.1 Å². The first-order chi connectivity index (χ1) is 15.8. The fourth-order valence-electron chi connectivity index (χ4n) is 3.07. The average molecular weight is 461 g/mol. The zero-order valence-corrected chi connectivity index (χ0v) is 18.5. The third kappa shape index (κ3) is 8.85. The minimum absolute atomic E-state index is 0.00750. The molecule has 0 aromatic heterocycles. The van der Waals surface area contributed by atoms with Gasteiger partial charge in [-0.3, -0.25) is 14.6 Å². The highest BCUT2D eigenvalue weighted by molar-refractivity contribution is 5.89. The molecule has 0 heterocycles. The Balaban J connectivity index is 1.98. The van der Waals surface area contributed by atoms with Crippen molar-refractivity contribution >= 4 is 17.8 Å². The number of halogens is 2. The van der Waals surface area contributed by atoms with E-state index >= 15 is 0 Å². The smallest absolute Gasteiger partial charge is 0.242 e. The van der Waals surface area contributed by atoms with Gasteiger partial charge >= 0.3 is 0 Å². The van der Waals surface area contributed by atoms with E-state index in [-0.39, 0.29) is 18.3 Å². The molecule has 0 aliphatic heterocycles. The molecule has 33 heavy (non-hydrogen) atoms. The molecule has 0 aliphatic carbocycles. The standard InChI is InChI=1S/C23H30F2N6O2/c1-28-23(27)29-11-5-8-20(22(33)30-14-15-6-3-2-4-7-15)31-21(32)19(26)13-16-9-10-17(24)18(25)12-16/h2-4,6-7,9-10,12,19-20H,5,8,11,13-14,26H2,1H3,(H,30,33)(H,31,32)(H3,27,28,29). The number of nitrogens with one attached hydrogen (secondary N) is 3. The van der Waals surface area contributed by atoms with Crippen molar-refractivity contribution < 1.29 is 18.4 Å². The van der Waals surface area contributed by atoms with Crippen LogP contribution < -0.4 is 27.4 Å². The molecular formula is C23H30F2N6O2. The normalized spacial score (nSPS) is 13.2. The van der Waals surface area contributed by atoms with E-state index in [2.05, 4.69) is 20.9 Å². The largest absolute Gasteiger partial charge is 0.370 e. The predicted molar refractivity (Wildman–Crippen MR) is 123 cm³/mol. The fraction of sp³-hybridized carbons (Fsp3) is 0.348. The van der Waals surface area contributed by atoms with Crippen LogP contribution in [0.5, 0.6) is 0 Å². The molecule has 0 saturated heterocycles. The maximum atomic E-state index is 13.4. The van der Waals surface area contributed by atoms with Crippen LogP contribution in [0.2, 0.25) is 0 Å². The quantitative estimate of drug-likeness (QED) is 0.193. The number of nitrogens with two attached hydrogens (primary N) is 2. The van der Waals surface area contributed by atoms with Gasteiger partial charge in [-0.25, -0.2) is 8.78 Å². The zero-order chi connectivity index (χ0) is 24.2. The summed E-state index contributed by atoms with van der Waals surface area (Å²) in [7, 11) is 1.55. The molecule has 2 amide bonds. The van der Waals surface area contributed by atoms with Gasteiger partial charge in [-0.1, -0.05) is 36.4 Å². The van der Waals surface area contributed by atoms with Gasteiger partial charge in [-0.15, -0.1) is 0 Å². The third-order valence-electron chi connectivity index (χ3n) is 4.94. The Morgan fingerprint density at radius 3 is 2.39 bits per heavy atom. The van der Waals surface area contributed by atoms with Crippen LogP contribution in [0, 0.1) is 11.6 Å². The first-order valence-electron chi connectivity index (χ1n) is 10.6. The van der Waals surface area contributed by atoms with Gasteiger partial charge in [0.1, 0.15) is 6.04 Å². The summed E-state index contributed by atoms with van der Waals surface area (Å²) in [6.07, 6.45) is 0.846. The summed E-state index contributed by atoms with van der Waals surface area (Å²) < 4.78 is 26.6. The topological polar surface area (TPSA) is 135 Å². The second kappa shape index (κ2) is 13.1. The summed E-state index contributed by atoms with van der Waals surface area (Å²) >= 11 is 0. The fourth-order valence-corrected chi connectivity index (χ4v) is 3.07. The number of nitrogens with zero attached hydrogens (tertiary/aromatic N) is 1. The Morgan fingerprint density at radius 1 is 1.00 bits per heavy atom. The monoisotopic (exact) mass is 460 g/mol. The first kappa shape index (κ1) is 25.7. The molecule has 178 valence electrons. The number of hydrogen-bond acceptors (Lipinski definition) is 4. The van der Waals surface area contributed by atoms with Crippen molar-refractivity contribution in [2.45, 2.75) is 37.9 Å². The number of guanidine groups is 1. The SMILES string of the molecule is CN=C(N)NCCCC(NC(=O)C(N)Cc1ccc(F)c(F)c1)C(=O)NCc1ccccc1. The summed E-state index contributed by atoms with van der Waals surface area (Å²) in [5.74, 6) is -2.64. The van der Waals surface area contributed by atoms with E-state index < -0.39 is 29.6 Å². The number of rotatable bonds is 11. The molecule has 7 N–H and O–H groups in total. The Bertz CT molecular complexity index is 955. The molecule has 2 aromatic rings. The van der Waals surface area contributed by atoms with Crippen molar-refractivity contribution in [3.63, 3.8) is 0 Å². The average Bonchev–Trinajstić information content (AvgIpc) is 2.82. The van der Waals surface area contributed by atoms with Crippen LogP contribution in [0.25, 0.3) is 0 Å². The van der Waals surface area contributed by atoms with Gasteiger partial charge in [0.25, 0.3) is 0 Å². The lowest BCUT2D eigenvalue weighted by Gasteiger charge is -2.21. The van der Waals surface area contributed by atoms with Gasteiger partial charge in [-0.2, -0.15) is 0 Å². The molecule has 2 unspecified atom stereocenters. The second-order valence-electron chi connectivity index (χ2n) is 7.50. The van der Waals surface area contributed by atoms with Crippen molar-refractivity contribution in [1.29, 1.82) is 0 Å². The van der Waals surface area contributed by atoms with Crippen molar-refractivity contribution in [2.75, 3.05) is 13.6 Å². The highest BCUT2D eigenvalue weighted by atomic mass is 19.2. The lowest BCUT2D eigenvalue weighted by Crippen LogP contribution is -2.52. The van der Waals surface area contributed by atoms with E-state index in [0.717, 1.165) is 17.7 Å². The lowest BCUT2D eigenvalue weighted by molar-refractivity contribution is -0.129. The molecule has 0 aliphatic rings. The number of carbonyl (C=O) groups excluding carboxylic acids is 2. The lowest BCUT2D eigenvalue weighted by atomic mass is 10.0. The van der Waals surface area contributed by atoms with Crippen LogP contribution in [0.3, 0.4) is 0 Å². The number of hydrogen-bond donors (Lipinski definition) is 5. The molecule has 2 aromatic carbocycles. The van der Waals surface area contributed by atoms with Gasteiger partial charge in [0.05, 0.1) is 6.04 Å². The summed E-state index contributed by atoms with van der Waals surface area (Å²) in [6, 6.07) is 10.8. The van der Waals surface area contributed by atoms with Crippen molar-refractivity contribution in [3.05, 3.63) is 71.3 Å². The van der Waals surface area contributed by atoms with E-state index in [1.54, 1.807) is 7.05 Å². The molecule has 0 bridgehead atoms. The minimum Gasteiger partial charge on any atom is -0.370 e. The van der Waals surface area contributed by atoms with Gasteiger partial charge in [0.15, 0.2) is 17.6 Å². The Kier molecular flexibility index (Phi) is 10.2.